The van der Waals surface area contributed by atoms with Crippen molar-refractivity contribution >= 4 is 34.7 Å². The Morgan fingerprint density at radius 3 is 1.38 bits per heavy atom. The van der Waals surface area contributed by atoms with Crippen molar-refractivity contribution in [3.05, 3.63) is 39.4 Å². The molecule has 1 saturated carbocycles. The van der Waals surface area contributed by atoms with E-state index in [-0.39, 0.29) is 12.1 Å². The number of aliphatic hydroxyl groups excluding tert-OH is 1. The summed E-state index contributed by atoms with van der Waals surface area (Å²) < 4.78 is 189. The van der Waals surface area contributed by atoms with Crippen molar-refractivity contribution in [2.45, 2.75) is 41.5 Å². The summed E-state index contributed by atoms with van der Waals surface area (Å²) in [6.45, 7) is 0. The molecule has 192 valence electrons. The molecule has 0 bridgehead atoms. The predicted molar refractivity (Wildman–Crippen MR) is 85.7 cm³/mol. The van der Waals surface area contributed by atoms with Crippen molar-refractivity contribution in [1.82, 2.24) is 0 Å². The van der Waals surface area contributed by atoms with Crippen LogP contribution >= 0.6 is 23.2 Å². The Morgan fingerprint density at radius 2 is 1.06 bits per heavy atom. The molecule has 0 saturated heterocycles. The molecule has 2 nitrogen and oxygen atoms in total. The fraction of sp³-hybridized carbons (Fsp3) is 0.438. The van der Waals surface area contributed by atoms with Gasteiger partial charge in [0.1, 0.15) is 5.76 Å². The number of aliphatic hydroxyl groups is 1. The van der Waals surface area contributed by atoms with E-state index in [0.29, 0.717) is 0 Å². The van der Waals surface area contributed by atoms with Crippen LogP contribution in [0.15, 0.2) is 18.2 Å². The highest BCUT2D eigenvalue weighted by Gasteiger charge is 3.02. The molecule has 34 heavy (non-hydrogen) atoms. The van der Waals surface area contributed by atoms with Crippen LogP contribution in [-0.4, -0.2) is 46.2 Å². The molecule has 0 heterocycles. The Balaban J connectivity index is 2.75. The lowest BCUT2D eigenvalue weighted by Gasteiger charge is -2.51. The maximum absolute atomic E-state index is 14.6. The number of carbonyl (C=O) groups is 1. The van der Waals surface area contributed by atoms with Crippen LogP contribution in [0.4, 0.5) is 61.5 Å². The van der Waals surface area contributed by atoms with E-state index in [1.807, 2.05) is 0 Å². The van der Waals surface area contributed by atoms with Crippen molar-refractivity contribution in [3.63, 3.8) is 0 Å². The summed E-state index contributed by atoms with van der Waals surface area (Å²) in [6, 6.07) is -0.0651. The molecule has 0 atom stereocenters. The Hall–Kier alpha value is -1.97. The highest BCUT2D eigenvalue weighted by Crippen LogP contribution is 2.69. The highest BCUT2D eigenvalue weighted by atomic mass is 35.5. The zero-order valence-electron chi connectivity index (χ0n) is 15.1. The van der Waals surface area contributed by atoms with Gasteiger partial charge in [0.2, 0.25) is 5.78 Å². The van der Waals surface area contributed by atoms with E-state index < -0.39 is 80.2 Å². The van der Waals surface area contributed by atoms with E-state index in [9.17, 15) is 71.4 Å². The lowest BCUT2D eigenvalue weighted by Crippen LogP contribution is -2.85. The van der Waals surface area contributed by atoms with Gasteiger partial charge in [0, 0.05) is 6.08 Å². The summed E-state index contributed by atoms with van der Waals surface area (Å²) in [7, 11) is 0. The number of hydrogen-bond acceptors (Lipinski definition) is 2. The Bertz CT molecular complexity index is 1010. The average molecular weight is 565 g/mol. The first-order chi connectivity index (χ1) is 14.8. The third-order valence-electron chi connectivity index (χ3n) is 4.68. The van der Waals surface area contributed by atoms with Crippen molar-refractivity contribution in [2.75, 3.05) is 0 Å². The molecule has 0 aromatic heterocycles. The number of hydrogen-bond donors (Lipinski definition) is 1. The van der Waals surface area contributed by atoms with Crippen molar-refractivity contribution in [3.8, 4) is 0 Å². The van der Waals surface area contributed by atoms with Crippen molar-refractivity contribution in [2.24, 2.45) is 0 Å². The molecular formula is C16H4Cl2F14O2. The van der Waals surface area contributed by atoms with E-state index in [1.54, 1.807) is 0 Å². The second-order valence-corrected chi connectivity index (χ2v) is 7.55. The van der Waals surface area contributed by atoms with E-state index >= 15 is 0 Å². The molecule has 2 rings (SSSR count). The topological polar surface area (TPSA) is 37.3 Å². The lowest BCUT2D eigenvalue weighted by molar-refractivity contribution is -0.475. The van der Waals surface area contributed by atoms with E-state index in [4.69, 9.17) is 23.2 Å². The zero-order chi connectivity index (χ0) is 27.1. The quantitative estimate of drug-likeness (QED) is 0.236. The number of halogens is 16. The van der Waals surface area contributed by atoms with Crippen LogP contribution < -0.4 is 0 Å². The van der Waals surface area contributed by atoms with E-state index in [0.717, 1.165) is 0 Å². The maximum atomic E-state index is 14.6. The average Bonchev–Trinajstić information content (AvgIpc) is 2.64. The van der Waals surface area contributed by atoms with Gasteiger partial charge in [-0.2, -0.15) is 57.1 Å². The summed E-state index contributed by atoms with van der Waals surface area (Å²) in [5.74, 6) is -43.7. The summed E-state index contributed by atoms with van der Waals surface area (Å²) in [4.78, 5) is 11.8. The molecule has 0 aliphatic heterocycles. The number of rotatable bonds is 3. The minimum atomic E-state index is -7.58. The standard InChI is InChI=1S/C16H4Cl2F14O2/c17-5-1-4(11(20,21)22)2-6(18)9(5)7(33)3-8(34)10(19)12(23,24)14(27,28)16(31,32)15(29,30)13(10,25)26/h1-3,33H/b7-3-. The van der Waals surface area contributed by atoms with Gasteiger partial charge in [-0.25, -0.2) is 4.39 Å². The molecule has 1 N–H and O–H groups in total. The second kappa shape index (κ2) is 7.51. The molecule has 0 amide bonds. The van der Waals surface area contributed by atoms with Gasteiger partial charge in [-0.3, -0.25) is 4.79 Å². The smallest absolute Gasteiger partial charge is 0.416 e. The first kappa shape index (κ1) is 28.3. The SMILES string of the molecule is O=C(/C=C(\O)c1c(Cl)cc(C(F)(F)F)cc1Cl)C1(F)C(F)(F)C(F)(F)C(F)(F)C(F)(F)C1(F)F. The van der Waals surface area contributed by atoms with Crippen LogP contribution in [0.3, 0.4) is 0 Å². The normalized spacial score (nSPS) is 24.5. The van der Waals surface area contributed by atoms with Crippen LogP contribution in [0.25, 0.3) is 5.76 Å². The van der Waals surface area contributed by atoms with Gasteiger partial charge in [-0.15, -0.1) is 0 Å². The first-order valence-corrected chi connectivity index (χ1v) is 8.69. The third kappa shape index (κ3) is 3.27. The monoisotopic (exact) mass is 564 g/mol. The highest BCUT2D eigenvalue weighted by molar-refractivity contribution is 6.37. The Labute approximate surface area is 187 Å². The predicted octanol–water partition coefficient (Wildman–Crippen LogP) is 7.38. The number of benzene rings is 1. The molecule has 1 aliphatic carbocycles. The summed E-state index contributed by atoms with van der Waals surface area (Å²) in [6.07, 6.45) is -6.31. The fourth-order valence-corrected chi connectivity index (χ4v) is 3.49. The lowest BCUT2D eigenvalue weighted by atomic mass is 9.70. The molecule has 0 spiro atoms. The molecule has 18 heteroatoms. The van der Waals surface area contributed by atoms with E-state index in [2.05, 4.69) is 0 Å². The Kier molecular flexibility index (Phi) is 6.25. The second-order valence-electron chi connectivity index (χ2n) is 6.74. The number of carbonyl (C=O) groups excluding carboxylic acids is 1. The molecule has 0 radical (unpaired) electrons. The van der Waals surface area contributed by atoms with Crippen molar-refractivity contribution in [1.29, 1.82) is 0 Å². The van der Waals surface area contributed by atoms with Gasteiger partial charge in [0.15, 0.2) is 0 Å². The molecular weight excluding hydrogens is 561 g/mol. The van der Waals surface area contributed by atoms with Gasteiger partial charge < -0.3 is 5.11 Å². The Morgan fingerprint density at radius 1 is 0.735 bits per heavy atom. The van der Waals surface area contributed by atoms with Gasteiger partial charge in [0.05, 0.1) is 21.2 Å². The number of alkyl halides is 14. The molecule has 1 fully saturated rings. The van der Waals surface area contributed by atoms with Gasteiger partial charge in [-0.05, 0) is 12.1 Å². The van der Waals surface area contributed by atoms with Crippen LogP contribution in [0, 0.1) is 0 Å². The van der Waals surface area contributed by atoms with Gasteiger partial charge in [0.25, 0.3) is 0 Å². The molecule has 1 aromatic rings. The molecule has 1 aromatic carbocycles. The van der Waals surface area contributed by atoms with Crippen LogP contribution in [0.5, 0.6) is 0 Å². The third-order valence-corrected chi connectivity index (χ3v) is 5.27. The van der Waals surface area contributed by atoms with Crippen molar-refractivity contribution < 1.29 is 71.4 Å². The van der Waals surface area contributed by atoms with E-state index in [1.165, 1.54) is 0 Å². The zero-order valence-corrected chi connectivity index (χ0v) is 16.6. The van der Waals surface area contributed by atoms with Crippen LogP contribution in [-0.2, 0) is 11.0 Å². The number of allylic oxidation sites excluding steroid dienone is 1. The summed E-state index contributed by atoms with van der Waals surface area (Å²) >= 11 is 10.7. The fourth-order valence-electron chi connectivity index (χ4n) is 2.81. The van der Waals surface area contributed by atoms with Gasteiger partial charge >= 0.3 is 41.5 Å². The van der Waals surface area contributed by atoms with Gasteiger partial charge in [-0.1, -0.05) is 23.2 Å². The molecule has 0 unspecified atom stereocenters. The van der Waals surface area contributed by atoms with Crippen LogP contribution in [0.2, 0.25) is 10.0 Å². The largest absolute Gasteiger partial charge is 0.507 e. The van der Waals surface area contributed by atoms with Crippen LogP contribution in [0.1, 0.15) is 11.1 Å². The summed E-state index contributed by atoms with van der Waals surface area (Å²) in [5.41, 5.74) is -10.1. The molecule has 1 aliphatic rings. The minimum absolute atomic E-state index is 0.0325. The number of ketones is 1. The maximum Gasteiger partial charge on any atom is 0.416 e. The first-order valence-electron chi connectivity index (χ1n) is 7.93. The minimum Gasteiger partial charge on any atom is -0.507 e. The summed E-state index contributed by atoms with van der Waals surface area (Å²) in [5, 5.41) is 7.12.